The first kappa shape index (κ1) is 23.0. The minimum absolute atomic E-state index is 0.324. The van der Waals surface area contributed by atoms with E-state index in [4.69, 9.17) is 32.7 Å². The number of halogens is 2. The fourth-order valence-electron chi connectivity index (χ4n) is 3.56. The molecule has 1 N–H and O–H groups in total. The van der Waals surface area contributed by atoms with Gasteiger partial charge in [-0.3, -0.25) is 0 Å². The van der Waals surface area contributed by atoms with Crippen LogP contribution >= 0.6 is 23.2 Å². The van der Waals surface area contributed by atoms with E-state index in [2.05, 4.69) is 17.4 Å². The molecule has 0 radical (unpaired) electrons. The predicted octanol–water partition coefficient (Wildman–Crippen LogP) is 7.51. The number of hydrogen-bond acceptors (Lipinski definition) is 4. The molecule has 0 saturated heterocycles. The second-order valence-electron chi connectivity index (χ2n) is 7.44. The van der Waals surface area contributed by atoms with Crippen LogP contribution in [0.5, 0.6) is 5.75 Å². The van der Waals surface area contributed by atoms with Crippen LogP contribution in [0.15, 0.2) is 78.9 Å². The van der Waals surface area contributed by atoms with E-state index >= 15 is 0 Å². The number of anilines is 1. The van der Waals surface area contributed by atoms with Crippen molar-refractivity contribution in [2.24, 2.45) is 0 Å². The molecular weight excluding hydrogens is 457 g/mol. The van der Waals surface area contributed by atoms with Gasteiger partial charge >= 0.3 is 5.97 Å². The Bertz CT molecular complexity index is 1270. The molecule has 4 nitrogen and oxygen atoms in total. The van der Waals surface area contributed by atoms with Crippen molar-refractivity contribution in [2.45, 2.75) is 20.1 Å². The van der Waals surface area contributed by atoms with E-state index in [-0.39, 0.29) is 5.97 Å². The van der Waals surface area contributed by atoms with Gasteiger partial charge in [-0.15, -0.1) is 0 Å². The first-order chi connectivity index (χ1) is 16.0. The fourth-order valence-corrected chi connectivity index (χ4v) is 4.02. The SMILES string of the molecule is CCOC(=O)c1ccc(NCc2c(OCc3ccc(Cl)cc3Cl)ccc3ccccc23)cc1. The van der Waals surface area contributed by atoms with Crippen molar-refractivity contribution >= 4 is 45.6 Å². The zero-order valence-electron chi connectivity index (χ0n) is 18.1. The third-order valence-corrected chi connectivity index (χ3v) is 5.85. The van der Waals surface area contributed by atoms with Gasteiger partial charge in [0.15, 0.2) is 0 Å². The Morgan fingerprint density at radius 1 is 0.939 bits per heavy atom. The molecule has 4 rings (SSSR count). The molecule has 6 heteroatoms. The van der Waals surface area contributed by atoms with Gasteiger partial charge < -0.3 is 14.8 Å². The zero-order chi connectivity index (χ0) is 23.2. The van der Waals surface area contributed by atoms with Crippen molar-refractivity contribution in [1.82, 2.24) is 0 Å². The Morgan fingerprint density at radius 2 is 1.73 bits per heavy atom. The van der Waals surface area contributed by atoms with E-state index in [0.29, 0.717) is 35.4 Å². The summed E-state index contributed by atoms with van der Waals surface area (Å²) in [7, 11) is 0. The molecule has 0 aliphatic heterocycles. The van der Waals surface area contributed by atoms with E-state index in [1.165, 1.54) is 0 Å². The second kappa shape index (κ2) is 10.6. The molecule has 0 spiro atoms. The lowest BCUT2D eigenvalue weighted by molar-refractivity contribution is 0.0526. The van der Waals surface area contributed by atoms with Crippen molar-refractivity contribution in [3.8, 4) is 5.75 Å². The topological polar surface area (TPSA) is 47.6 Å². The number of benzene rings is 4. The molecule has 0 saturated carbocycles. The third kappa shape index (κ3) is 5.59. The third-order valence-electron chi connectivity index (χ3n) is 5.26. The summed E-state index contributed by atoms with van der Waals surface area (Å²) in [5.41, 5.74) is 3.31. The monoisotopic (exact) mass is 479 g/mol. The summed E-state index contributed by atoms with van der Waals surface area (Å²) >= 11 is 12.3. The van der Waals surface area contributed by atoms with Gasteiger partial charge in [0.1, 0.15) is 12.4 Å². The standard InChI is InChI=1S/C27H23Cl2NO3/c1-2-32-27(31)19-8-12-22(13-9-19)30-16-24-23-6-4-3-5-18(23)10-14-26(24)33-17-20-7-11-21(28)15-25(20)29/h3-15,30H,2,16-17H2,1H3. The van der Waals surface area contributed by atoms with Gasteiger partial charge in [-0.2, -0.15) is 0 Å². The Balaban J connectivity index is 1.55. The van der Waals surface area contributed by atoms with Crippen molar-refractivity contribution in [2.75, 3.05) is 11.9 Å². The molecule has 168 valence electrons. The minimum atomic E-state index is -0.324. The quantitative estimate of drug-likeness (QED) is 0.265. The normalized spacial score (nSPS) is 10.8. The highest BCUT2D eigenvalue weighted by Crippen LogP contribution is 2.31. The maximum absolute atomic E-state index is 11.9. The molecular formula is C27H23Cl2NO3. The Kier molecular flexibility index (Phi) is 7.38. The molecule has 0 bridgehead atoms. The van der Waals surface area contributed by atoms with Gasteiger partial charge in [-0.1, -0.05) is 59.6 Å². The number of rotatable bonds is 8. The van der Waals surface area contributed by atoms with Crippen LogP contribution in [0.2, 0.25) is 10.0 Å². The summed E-state index contributed by atoms with van der Waals surface area (Å²) < 4.78 is 11.2. The predicted molar refractivity (Wildman–Crippen MR) is 134 cm³/mol. The molecule has 33 heavy (non-hydrogen) atoms. The average molecular weight is 480 g/mol. The van der Waals surface area contributed by atoms with Crippen molar-refractivity contribution in [3.63, 3.8) is 0 Å². The van der Waals surface area contributed by atoms with Gasteiger partial charge in [-0.25, -0.2) is 4.79 Å². The van der Waals surface area contributed by atoms with E-state index in [0.717, 1.165) is 33.3 Å². The van der Waals surface area contributed by atoms with Crippen LogP contribution in [0, 0.1) is 0 Å². The highest BCUT2D eigenvalue weighted by molar-refractivity contribution is 6.35. The average Bonchev–Trinajstić information content (AvgIpc) is 2.83. The largest absolute Gasteiger partial charge is 0.488 e. The van der Waals surface area contributed by atoms with Crippen molar-refractivity contribution in [1.29, 1.82) is 0 Å². The number of nitrogens with one attached hydrogen (secondary N) is 1. The van der Waals surface area contributed by atoms with Crippen LogP contribution in [-0.4, -0.2) is 12.6 Å². The van der Waals surface area contributed by atoms with Crippen LogP contribution < -0.4 is 10.1 Å². The molecule has 0 aliphatic rings. The van der Waals surface area contributed by atoms with Gasteiger partial charge in [0.05, 0.1) is 12.2 Å². The molecule has 0 amide bonds. The minimum Gasteiger partial charge on any atom is -0.488 e. The molecule has 0 unspecified atom stereocenters. The lowest BCUT2D eigenvalue weighted by Crippen LogP contribution is -2.06. The van der Waals surface area contributed by atoms with Crippen LogP contribution in [-0.2, 0) is 17.9 Å². The first-order valence-corrected chi connectivity index (χ1v) is 11.4. The summed E-state index contributed by atoms with van der Waals surface area (Å²) in [6.45, 7) is 3.02. The summed E-state index contributed by atoms with van der Waals surface area (Å²) in [4.78, 5) is 11.9. The molecule has 0 atom stereocenters. The second-order valence-corrected chi connectivity index (χ2v) is 8.28. The summed E-state index contributed by atoms with van der Waals surface area (Å²) in [6.07, 6.45) is 0. The van der Waals surface area contributed by atoms with Crippen LogP contribution in [0.1, 0.15) is 28.4 Å². The van der Waals surface area contributed by atoms with E-state index < -0.39 is 0 Å². The maximum Gasteiger partial charge on any atom is 0.338 e. The maximum atomic E-state index is 11.9. The highest BCUT2D eigenvalue weighted by Gasteiger charge is 2.11. The van der Waals surface area contributed by atoms with Gasteiger partial charge in [0, 0.05) is 33.4 Å². The van der Waals surface area contributed by atoms with Crippen molar-refractivity contribution in [3.05, 3.63) is 106 Å². The lowest BCUT2D eigenvalue weighted by atomic mass is 10.0. The first-order valence-electron chi connectivity index (χ1n) is 10.6. The number of ether oxygens (including phenoxy) is 2. The Hall–Kier alpha value is -3.21. The van der Waals surface area contributed by atoms with E-state index in [1.54, 1.807) is 31.2 Å². The van der Waals surface area contributed by atoms with E-state index in [1.807, 2.05) is 42.5 Å². The number of hydrogen-bond donors (Lipinski definition) is 1. The molecule has 0 fully saturated rings. The van der Waals surface area contributed by atoms with Gasteiger partial charge in [0.25, 0.3) is 0 Å². The fraction of sp³-hybridized carbons (Fsp3) is 0.148. The van der Waals surface area contributed by atoms with Crippen LogP contribution in [0.3, 0.4) is 0 Å². The van der Waals surface area contributed by atoms with Crippen molar-refractivity contribution < 1.29 is 14.3 Å². The number of carbonyl (C=O) groups excluding carboxylic acids is 1. The number of carbonyl (C=O) groups is 1. The molecule has 4 aromatic rings. The van der Waals surface area contributed by atoms with Crippen LogP contribution in [0.25, 0.3) is 10.8 Å². The highest BCUT2D eigenvalue weighted by atomic mass is 35.5. The van der Waals surface area contributed by atoms with E-state index in [9.17, 15) is 4.79 Å². The number of esters is 1. The smallest absolute Gasteiger partial charge is 0.338 e. The van der Waals surface area contributed by atoms with Gasteiger partial charge in [-0.05, 0) is 60.2 Å². The summed E-state index contributed by atoms with van der Waals surface area (Å²) in [5.74, 6) is 0.449. The summed E-state index contributed by atoms with van der Waals surface area (Å²) in [5, 5.41) is 6.83. The Labute approximate surface area is 203 Å². The Morgan fingerprint density at radius 3 is 2.48 bits per heavy atom. The molecule has 4 aromatic carbocycles. The van der Waals surface area contributed by atoms with Gasteiger partial charge in [0.2, 0.25) is 0 Å². The zero-order valence-corrected chi connectivity index (χ0v) is 19.6. The number of fused-ring (bicyclic) bond motifs is 1. The lowest BCUT2D eigenvalue weighted by Gasteiger charge is -2.16. The molecule has 0 aliphatic carbocycles. The molecule has 0 heterocycles. The summed E-state index contributed by atoms with van der Waals surface area (Å²) in [6, 6.07) is 24.8. The molecule has 0 aromatic heterocycles. The van der Waals surface area contributed by atoms with Crippen LogP contribution in [0.4, 0.5) is 5.69 Å².